The summed E-state index contributed by atoms with van der Waals surface area (Å²) in [6, 6.07) is 1.86. The minimum Gasteiger partial charge on any atom is -0.409 e. The van der Waals surface area contributed by atoms with E-state index in [4.69, 9.17) is 10.9 Å². The Labute approximate surface area is 117 Å². The van der Waals surface area contributed by atoms with Gasteiger partial charge in [-0.3, -0.25) is 4.79 Å². The molecule has 94 valence electrons. The fourth-order valence-electron chi connectivity index (χ4n) is 1.31. The Hall–Kier alpha value is -0.830. The number of hydrogen-bond acceptors (Lipinski definition) is 4. The van der Waals surface area contributed by atoms with E-state index in [9.17, 15) is 4.79 Å². The quantitative estimate of drug-likeness (QED) is 0.275. The van der Waals surface area contributed by atoms with Gasteiger partial charge >= 0.3 is 0 Å². The van der Waals surface area contributed by atoms with Gasteiger partial charge in [-0.2, -0.15) is 0 Å². The summed E-state index contributed by atoms with van der Waals surface area (Å²) in [5, 5.41) is 13.2. The summed E-state index contributed by atoms with van der Waals surface area (Å²) in [5.74, 6) is 0.119. The van der Waals surface area contributed by atoms with Gasteiger partial charge in [-0.05, 0) is 35.6 Å². The molecule has 0 unspecified atom stereocenters. The lowest BCUT2D eigenvalue weighted by Crippen LogP contribution is -2.33. The van der Waals surface area contributed by atoms with Crippen LogP contribution in [-0.2, 0) is 0 Å². The lowest BCUT2D eigenvalue weighted by atomic mass is 10.2. The molecule has 1 rings (SSSR count). The van der Waals surface area contributed by atoms with E-state index in [1.807, 2.05) is 18.4 Å². The van der Waals surface area contributed by atoms with Crippen molar-refractivity contribution in [3.63, 3.8) is 0 Å². The normalized spacial score (nSPS) is 11.5. The first-order valence-corrected chi connectivity index (χ1v) is 7.04. The minimum atomic E-state index is -0.0163. The highest BCUT2D eigenvalue weighted by Gasteiger charge is 2.15. The minimum absolute atomic E-state index is 0.0163. The van der Waals surface area contributed by atoms with Crippen LogP contribution in [0.1, 0.15) is 23.7 Å². The Kier molecular flexibility index (Phi) is 5.69. The van der Waals surface area contributed by atoms with E-state index in [0.29, 0.717) is 25.1 Å². The maximum absolute atomic E-state index is 12.1. The topological polar surface area (TPSA) is 78.9 Å². The third-order valence-electron chi connectivity index (χ3n) is 2.25. The molecule has 0 aliphatic rings. The third-order valence-corrected chi connectivity index (χ3v) is 4.04. The summed E-state index contributed by atoms with van der Waals surface area (Å²) in [6.45, 7) is 2.96. The van der Waals surface area contributed by atoms with E-state index in [1.54, 1.807) is 16.2 Å². The first-order chi connectivity index (χ1) is 8.08. The van der Waals surface area contributed by atoms with Crippen LogP contribution in [0.25, 0.3) is 0 Å². The summed E-state index contributed by atoms with van der Waals surface area (Å²) in [6.07, 6.45) is 0.372. The van der Waals surface area contributed by atoms with Gasteiger partial charge in [-0.15, -0.1) is 11.3 Å². The first kappa shape index (κ1) is 14.2. The second kappa shape index (κ2) is 6.80. The third kappa shape index (κ3) is 4.15. The van der Waals surface area contributed by atoms with Crippen molar-refractivity contribution in [3.05, 3.63) is 19.9 Å². The fourth-order valence-corrected chi connectivity index (χ4v) is 2.63. The Morgan fingerprint density at radius 2 is 2.41 bits per heavy atom. The number of carbonyl (C=O) groups is 1. The SMILES string of the molecule is CCN(CCC(N)=NO)C(=O)c1csc(I)c1. The molecular weight excluding hydrogens is 353 g/mol. The number of carbonyl (C=O) groups excluding carboxylic acids is 1. The zero-order chi connectivity index (χ0) is 12.8. The fraction of sp³-hybridized carbons (Fsp3) is 0.400. The predicted octanol–water partition coefficient (Wildman–Crippen LogP) is 1.95. The van der Waals surface area contributed by atoms with Crippen LogP contribution in [0, 0.1) is 2.88 Å². The van der Waals surface area contributed by atoms with Crippen LogP contribution in [0.2, 0.25) is 0 Å². The Morgan fingerprint density at radius 3 is 2.88 bits per heavy atom. The van der Waals surface area contributed by atoms with Gasteiger partial charge in [0.1, 0.15) is 5.84 Å². The number of oxime groups is 1. The van der Waals surface area contributed by atoms with Gasteiger partial charge in [0.15, 0.2) is 0 Å². The van der Waals surface area contributed by atoms with Crippen molar-refractivity contribution in [1.29, 1.82) is 0 Å². The average molecular weight is 367 g/mol. The van der Waals surface area contributed by atoms with Crippen LogP contribution in [0.3, 0.4) is 0 Å². The summed E-state index contributed by atoms with van der Waals surface area (Å²) in [4.78, 5) is 13.8. The first-order valence-electron chi connectivity index (χ1n) is 5.08. The van der Waals surface area contributed by atoms with Crippen LogP contribution in [0.15, 0.2) is 16.6 Å². The van der Waals surface area contributed by atoms with Crippen molar-refractivity contribution in [3.8, 4) is 0 Å². The van der Waals surface area contributed by atoms with Crippen LogP contribution in [0.4, 0.5) is 0 Å². The smallest absolute Gasteiger partial charge is 0.254 e. The highest BCUT2D eigenvalue weighted by atomic mass is 127. The molecule has 0 saturated heterocycles. The maximum atomic E-state index is 12.1. The summed E-state index contributed by atoms with van der Waals surface area (Å²) in [7, 11) is 0. The van der Waals surface area contributed by atoms with Crippen molar-refractivity contribution in [2.24, 2.45) is 10.9 Å². The number of nitrogens with two attached hydrogens (primary N) is 1. The standard InChI is InChI=1S/C10H14IN3O2S/c1-2-14(4-3-9(12)13-16)10(15)7-5-8(11)17-6-7/h5-6,16H,2-4H2,1H3,(H2,12,13). The molecule has 0 radical (unpaired) electrons. The van der Waals surface area contributed by atoms with Crippen molar-refractivity contribution in [2.75, 3.05) is 13.1 Å². The molecule has 0 atom stereocenters. The van der Waals surface area contributed by atoms with Crippen LogP contribution < -0.4 is 5.73 Å². The molecule has 3 N–H and O–H groups in total. The van der Waals surface area contributed by atoms with Gasteiger partial charge in [0, 0.05) is 24.9 Å². The van der Waals surface area contributed by atoms with E-state index in [0.717, 1.165) is 2.88 Å². The van der Waals surface area contributed by atoms with E-state index in [-0.39, 0.29) is 11.7 Å². The molecule has 0 aliphatic carbocycles. The summed E-state index contributed by atoms with van der Waals surface area (Å²) < 4.78 is 1.08. The highest BCUT2D eigenvalue weighted by Crippen LogP contribution is 2.18. The number of amidine groups is 1. The molecule has 1 heterocycles. The number of amides is 1. The second-order valence-electron chi connectivity index (χ2n) is 3.37. The molecule has 0 aromatic carbocycles. The van der Waals surface area contributed by atoms with Crippen LogP contribution in [-0.4, -0.2) is 34.9 Å². The molecule has 0 spiro atoms. The summed E-state index contributed by atoms with van der Waals surface area (Å²) in [5.41, 5.74) is 6.08. The van der Waals surface area contributed by atoms with Gasteiger partial charge in [0.05, 0.1) is 8.45 Å². The largest absolute Gasteiger partial charge is 0.409 e. The van der Waals surface area contributed by atoms with E-state index in [1.165, 1.54) is 0 Å². The molecule has 0 aliphatic heterocycles. The Balaban J connectivity index is 2.64. The lowest BCUT2D eigenvalue weighted by Gasteiger charge is -2.19. The average Bonchev–Trinajstić information content (AvgIpc) is 2.76. The van der Waals surface area contributed by atoms with E-state index < -0.39 is 0 Å². The molecule has 1 aromatic heterocycles. The molecule has 0 fully saturated rings. The van der Waals surface area contributed by atoms with Gasteiger partial charge < -0.3 is 15.8 Å². The molecule has 5 nitrogen and oxygen atoms in total. The second-order valence-corrected chi connectivity index (χ2v) is 6.17. The molecule has 1 amide bonds. The predicted molar refractivity (Wildman–Crippen MR) is 76.6 cm³/mol. The van der Waals surface area contributed by atoms with Crippen molar-refractivity contribution in [1.82, 2.24) is 4.90 Å². The Morgan fingerprint density at radius 1 is 1.71 bits per heavy atom. The van der Waals surface area contributed by atoms with E-state index in [2.05, 4.69) is 27.7 Å². The maximum Gasteiger partial charge on any atom is 0.254 e. The molecule has 0 saturated carbocycles. The molecular formula is C10H14IN3O2S. The van der Waals surface area contributed by atoms with E-state index >= 15 is 0 Å². The van der Waals surface area contributed by atoms with Gasteiger partial charge in [0.25, 0.3) is 5.91 Å². The molecule has 1 aromatic rings. The number of rotatable bonds is 5. The van der Waals surface area contributed by atoms with Crippen molar-refractivity contribution < 1.29 is 10.0 Å². The van der Waals surface area contributed by atoms with Gasteiger partial charge in [-0.1, -0.05) is 5.16 Å². The van der Waals surface area contributed by atoms with Gasteiger partial charge in [-0.25, -0.2) is 0 Å². The number of halogens is 1. The molecule has 7 heteroatoms. The van der Waals surface area contributed by atoms with Crippen LogP contribution in [0.5, 0.6) is 0 Å². The number of thiophene rings is 1. The monoisotopic (exact) mass is 367 g/mol. The van der Waals surface area contributed by atoms with Crippen molar-refractivity contribution >= 4 is 45.7 Å². The summed E-state index contributed by atoms with van der Waals surface area (Å²) >= 11 is 3.72. The Bertz CT molecular complexity index is 419. The van der Waals surface area contributed by atoms with Gasteiger partial charge in [0.2, 0.25) is 0 Å². The number of hydrogen-bond donors (Lipinski definition) is 2. The zero-order valence-corrected chi connectivity index (χ0v) is 12.4. The number of nitrogens with zero attached hydrogens (tertiary/aromatic N) is 2. The van der Waals surface area contributed by atoms with Crippen molar-refractivity contribution in [2.45, 2.75) is 13.3 Å². The lowest BCUT2D eigenvalue weighted by molar-refractivity contribution is 0.0769. The highest BCUT2D eigenvalue weighted by molar-refractivity contribution is 14.1. The molecule has 0 bridgehead atoms. The van der Waals surface area contributed by atoms with Crippen LogP contribution >= 0.6 is 33.9 Å². The zero-order valence-electron chi connectivity index (χ0n) is 9.39. The molecule has 17 heavy (non-hydrogen) atoms.